The molecule has 3 rings (SSSR count). The molecule has 32 heavy (non-hydrogen) atoms. The number of benzene rings is 2. The number of nitro groups is 1. The molecule has 0 aliphatic carbocycles. The van der Waals surface area contributed by atoms with Crippen LogP contribution in [0.2, 0.25) is 5.02 Å². The van der Waals surface area contributed by atoms with Crippen molar-refractivity contribution in [2.75, 3.05) is 19.8 Å². The van der Waals surface area contributed by atoms with E-state index in [-0.39, 0.29) is 11.5 Å². The molecule has 1 heterocycles. The zero-order valence-electron chi connectivity index (χ0n) is 17.7. The third kappa shape index (κ3) is 5.73. The molecule has 0 radical (unpaired) electrons. The van der Waals surface area contributed by atoms with Crippen LogP contribution in [-0.4, -0.2) is 39.4 Å². The highest BCUT2D eigenvalue weighted by atomic mass is 79.9. The van der Waals surface area contributed by atoms with E-state index in [1.165, 1.54) is 11.8 Å². The summed E-state index contributed by atoms with van der Waals surface area (Å²) in [5.41, 5.74) is 1.53. The fraction of sp³-hybridized carbons (Fsp3) is 0.333. The van der Waals surface area contributed by atoms with E-state index in [1.807, 2.05) is 37.5 Å². The average molecular weight is 542 g/mol. The Hall–Kier alpha value is -2.30. The number of aromatic nitrogens is 3. The quantitative estimate of drug-likeness (QED) is 0.179. The van der Waals surface area contributed by atoms with E-state index >= 15 is 0 Å². The summed E-state index contributed by atoms with van der Waals surface area (Å²) in [5.74, 6) is 1.78. The molecule has 0 bridgehead atoms. The maximum atomic E-state index is 11.5. The zero-order valence-corrected chi connectivity index (χ0v) is 20.9. The Morgan fingerprint density at radius 2 is 1.78 bits per heavy atom. The van der Waals surface area contributed by atoms with Gasteiger partial charge in [-0.2, -0.15) is 0 Å². The molecule has 0 unspecified atom stereocenters. The summed E-state index contributed by atoms with van der Waals surface area (Å²) in [4.78, 5) is 11.2. The Labute approximate surface area is 203 Å². The maximum absolute atomic E-state index is 11.5. The molecule has 1 aromatic heterocycles. The number of nitrogens with zero attached hydrogens (tertiary/aromatic N) is 4. The highest BCUT2D eigenvalue weighted by Gasteiger charge is 2.27. The van der Waals surface area contributed by atoms with E-state index < -0.39 is 5.25 Å². The standard InChI is InChI=1S/C21H22BrClN4O4S/c1-4-30-18-10-16(17(22)11-19(18)31-5-2)20(12-26(28)29)32-21-25-24-13(3)27(21)15-8-6-14(23)7-9-15/h6-11,20H,4-5,12H2,1-3H3/t20-/m0/s1. The third-order valence-electron chi connectivity index (χ3n) is 4.45. The van der Waals surface area contributed by atoms with Crippen LogP contribution in [0.5, 0.6) is 11.5 Å². The summed E-state index contributed by atoms with van der Waals surface area (Å²) in [7, 11) is 0. The first-order chi connectivity index (χ1) is 15.3. The molecule has 11 heteroatoms. The Balaban J connectivity index is 2.03. The lowest BCUT2D eigenvalue weighted by molar-refractivity contribution is -0.479. The molecule has 0 aliphatic rings. The monoisotopic (exact) mass is 540 g/mol. The predicted octanol–water partition coefficient (Wildman–Crippen LogP) is 5.90. The molecular formula is C21H22BrClN4O4S. The average Bonchev–Trinajstić information content (AvgIpc) is 3.10. The summed E-state index contributed by atoms with van der Waals surface area (Å²) in [5, 5.41) is 20.6. The molecule has 8 nitrogen and oxygen atoms in total. The van der Waals surface area contributed by atoms with Crippen LogP contribution in [0.3, 0.4) is 0 Å². The second kappa shape index (κ2) is 11.0. The molecule has 0 amide bonds. The minimum absolute atomic E-state index is 0.310. The number of halogens is 2. The van der Waals surface area contributed by atoms with Crippen LogP contribution in [0, 0.1) is 17.0 Å². The Morgan fingerprint density at radius 3 is 2.38 bits per heavy atom. The van der Waals surface area contributed by atoms with Gasteiger partial charge in [0, 0.05) is 20.1 Å². The van der Waals surface area contributed by atoms with Crippen molar-refractivity contribution in [3.05, 3.63) is 67.4 Å². The molecule has 0 N–H and O–H groups in total. The zero-order chi connectivity index (χ0) is 23.3. The normalized spacial score (nSPS) is 11.9. The van der Waals surface area contributed by atoms with Gasteiger partial charge >= 0.3 is 0 Å². The van der Waals surface area contributed by atoms with E-state index in [0.29, 0.717) is 50.8 Å². The van der Waals surface area contributed by atoms with Gasteiger partial charge in [0.15, 0.2) is 16.7 Å². The van der Waals surface area contributed by atoms with Gasteiger partial charge in [0.05, 0.1) is 13.2 Å². The van der Waals surface area contributed by atoms with Crippen LogP contribution in [-0.2, 0) is 0 Å². The lowest BCUT2D eigenvalue weighted by atomic mass is 10.1. The van der Waals surface area contributed by atoms with Crippen LogP contribution in [0.4, 0.5) is 0 Å². The van der Waals surface area contributed by atoms with Crippen molar-refractivity contribution in [1.29, 1.82) is 0 Å². The lowest BCUT2D eigenvalue weighted by Gasteiger charge is -2.19. The molecule has 0 fully saturated rings. The predicted molar refractivity (Wildman–Crippen MR) is 128 cm³/mol. The van der Waals surface area contributed by atoms with Gasteiger partial charge in [-0.25, -0.2) is 0 Å². The second-order valence-electron chi connectivity index (χ2n) is 6.65. The molecule has 0 saturated carbocycles. The topological polar surface area (TPSA) is 92.3 Å². The van der Waals surface area contributed by atoms with Crippen molar-refractivity contribution >= 4 is 39.3 Å². The van der Waals surface area contributed by atoms with E-state index in [0.717, 1.165) is 5.69 Å². The van der Waals surface area contributed by atoms with E-state index in [9.17, 15) is 10.1 Å². The van der Waals surface area contributed by atoms with Gasteiger partial charge in [0.2, 0.25) is 6.54 Å². The summed E-state index contributed by atoms with van der Waals surface area (Å²) < 4.78 is 13.9. The number of hydrogen-bond donors (Lipinski definition) is 0. The fourth-order valence-corrected chi connectivity index (χ4v) is 5.18. The minimum atomic E-state index is -0.552. The van der Waals surface area contributed by atoms with Gasteiger partial charge in [-0.05, 0) is 62.7 Å². The SMILES string of the molecule is CCOc1cc(Br)c([C@H](C[N+](=O)[O-])Sc2nnc(C)n2-c2ccc(Cl)cc2)cc1OCC. The molecule has 1 atom stereocenters. The molecule has 170 valence electrons. The van der Waals surface area contributed by atoms with Crippen LogP contribution in [0.25, 0.3) is 5.69 Å². The van der Waals surface area contributed by atoms with Crippen molar-refractivity contribution in [3.63, 3.8) is 0 Å². The van der Waals surface area contributed by atoms with Gasteiger partial charge in [-0.3, -0.25) is 14.7 Å². The number of rotatable bonds is 10. The van der Waals surface area contributed by atoms with Gasteiger partial charge in [-0.15, -0.1) is 10.2 Å². The van der Waals surface area contributed by atoms with Crippen molar-refractivity contribution in [1.82, 2.24) is 14.8 Å². The molecule has 0 aliphatic heterocycles. The number of thioether (sulfide) groups is 1. The van der Waals surface area contributed by atoms with Crippen molar-refractivity contribution in [2.24, 2.45) is 0 Å². The Morgan fingerprint density at radius 1 is 1.16 bits per heavy atom. The highest BCUT2D eigenvalue weighted by molar-refractivity contribution is 9.10. The fourth-order valence-electron chi connectivity index (χ4n) is 3.10. The highest BCUT2D eigenvalue weighted by Crippen LogP contribution is 2.43. The number of aryl methyl sites for hydroxylation is 1. The van der Waals surface area contributed by atoms with Gasteiger partial charge in [0.1, 0.15) is 11.1 Å². The van der Waals surface area contributed by atoms with Crippen LogP contribution < -0.4 is 9.47 Å². The first-order valence-corrected chi connectivity index (χ1v) is 11.9. The minimum Gasteiger partial charge on any atom is -0.490 e. The number of hydrogen-bond acceptors (Lipinski definition) is 7. The molecule has 0 saturated heterocycles. The Bertz CT molecular complexity index is 1090. The molecule has 3 aromatic rings. The van der Waals surface area contributed by atoms with Gasteiger partial charge in [0.25, 0.3) is 0 Å². The van der Waals surface area contributed by atoms with E-state index in [4.69, 9.17) is 21.1 Å². The molecule has 2 aromatic carbocycles. The van der Waals surface area contributed by atoms with Crippen LogP contribution in [0.15, 0.2) is 46.0 Å². The first-order valence-electron chi connectivity index (χ1n) is 9.89. The molecule has 0 spiro atoms. The largest absolute Gasteiger partial charge is 0.490 e. The van der Waals surface area contributed by atoms with Gasteiger partial charge in [-0.1, -0.05) is 39.3 Å². The summed E-state index contributed by atoms with van der Waals surface area (Å²) in [6, 6.07) is 10.8. The summed E-state index contributed by atoms with van der Waals surface area (Å²) >= 11 is 10.8. The maximum Gasteiger partial charge on any atom is 0.220 e. The number of ether oxygens (including phenoxy) is 2. The second-order valence-corrected chi connectivity index (χ2v) is 9.11. The van der Waals surface area contributed by atoms with E-state index in [2.05, 4.69) is 26.1 Å². The van der Waals surface area contributed by atoms with Crippen molar-refractivity contribution < 1.29 is 14.4 Å². The Kier molecular flexibility index (Phi) is 8.38. The summed E-state index contributed by atoms with van der Waals surface area (Å²) in [6.07, 6.45) is 0. The summed E-state index contributed by atoms with van der Waals surface area (Å²) in [6.45, 7) is 6.19. The smallest absolute Gasteiger partial charge is 0.220 e. The van der Waals surface area contributed by atoms with E-state index in [1.54, 1.807) is 24.3 Å². The van der Waals surface area contributed by atoms with Crippen molar-refractivity contribution in [3.8, 4) is 17.2 Å². The molecular weight excluding hydrogens is 520 g/mol. The van der Waals surface area contributed by atoms with Gasteiger partial charge < -0.3 is 9.47 Å². The first kappa shape index (κ1) is 24.3. The van der Waals surface area contributed by atoms with Crippen LogP contribution in [0.1, 0.15) is 30.5 Å². The van der Waals surface area contributed by atoms with Crippen molar-refractivity contribution in [2.45, 2.75) is 31.2 Å². The lowest BCUT2D eigenvalue weighted by Crippen LogP contribution is -2.12. The third-order valence-corrected chi connectivity index (χ3v) is 6.55. The van der Waals surface area contributed by atoms with Crippen LogP contribution >= 0.6 is 39.3 Å².